The van der Waals surface area contributed by atoms with E-state index in [4.69, 9.17) is 9.81 Å². The van der Waals surface area contributed by atoms with E-state index in [1.165, 1.54) is 6.20 Å². The van der Waals surface area contributed by atoms with E-state index >= 15 is 0 Å². The van der Waals surface area contributed by atoms with E-state index in [-0.39, 0.29) is 28.6 Å². The molecule has 2 rings (SSSR count). The number of nitrogens with one attached hydrogen (secondary N) is 1. The molecule has 7 nitrogen and oxygen atoms in total. The minimum absolute atomic E-state index is 0.00743. The van der Waals surface area contributed by atoms with Gasteiger partial charge in [-0.15, -0.1) is 0 Å². The second kappa shape index (κ2) is 5.44. The van der Waals surface area contributed by atoms with Crippen molar-refractivity contribution in [2.45, 2.75) is 38.2 Å². The van der Waals surface area contributed by atoms with Crippen molar-refractivity contribution in [1.82, 2.24) is 9.97 Å². The van der Waals surface area contributed by atoms with E-state index in [1.54, 1.807) is 0 Å². The van der Waals surface area contributed by atoms with Crippen molar-refractivity contribution >= 4 is 16.9 Å². The smallest absolute Gasteiger partial charge is 0.160 e. The van der Waals surface area contributed by atoms with Gasteiger partial charge in [0, 0.05) is 11.5 Å². The van der Waals surface area contributed by atoms with Crippen LogP contribution in [0, 0.1) is 16.7 Å². The molecule has 1 aromatic rings. The molecule has 1 aliphatic carbocycles. The summed E-state index contributed by atoms with van der Waals surface area (Å²) in [6.45, 7) is 3.85. The molecule has 1 aliphatic rings. The Balaban J connectivity index is 2.22. The summed E-state index contributed by atoms with van der Waals surface area (Å²) in [5.41, 5.74) is -0.0351. The first-order valence-corrected chi connectivity index (χ1v) is 7.40. The minimum Gasteiger partial charge on any atom is -0.392 e. The molecule has 0 amide bonds. The average molecular weight is 296 g/mol. The van der Waals surface area contributed by atoms with Crippen molar-refractivity contribution in [1.29, 1.82) is 5.26 Å². The van der Waals surface area contributed by atoms with Crippen molar-refractivity contribution in [2.75, 3.05) is 5.32 Å². The summed E-state index contributed by atoms with van der Waals surface area (Å²) in [4.78, 5) is 7.99. The van der Waals surface area contributed by atoms with Gasteiger partial charge in [0.2, 0.25) is 0 Å². The highest BCUT2D eigenvalue weighted by Crippen LogP contribution is 2.42. The predicted molar refractivity (Wildman–Crippen MR) is 73.0 cm³/mol. The van der Waals surface area contributed by atoms with Crippen molar-refractivity contribution in [3.63, 3.8) is 0 Å². The average Bonchev–Trinajstić information content (AvgIpc) is 2.38. The molecule has 0 spiro atoms. The second-order valence-corrected chi connectivity index (χ2v) is 6.33. The van der Waals surface area contributed by atoms with Gasteiger partial charge in [0.05, 0.1) is 12.3 Å². The van der Waals surface area contributed by atoms with E-state index in [0.29, 0.717) is 12.2 Å². The van der Waals surface area contributed by atoms with Crippen LogP contribution in [0.4, 0.5) is 5.82 Å². The zero-order valence-electron chi connectivity index (χ0n) is 11.2. The molecule has 0 aromatic carbocycles. The van der Waals surface area contributed by atoms with E-state index in [0.717, 1.165) is 0 Å². The molecular formula is C12H16N4O3S. The van der Waals surface area contributed by atoms with Crippen molar-refractivity contribution in [3.8, 4) is 6.07 Å². The van der Waals surface area contributed by atoms with Gasteiger partial charge in [-0.1, -0.05) is 13.8 Å². The van der Waals surface area contributed by atoms with Crippen LogP contribution < -0.4 is 5.32 Å². The second-order valence-electron chi connectivity index (χ2n) is 5.40. The van der Waals surface area contributed by atoms with E-state index in [9.17, 15) is 9.32 Å². The summed E-state index contributed by atoms with van der Waals surface area (Å²) in [6.07, 6.45) is 1.51. The standard InChI is InChI=1S/C12H16N4O3S/c1-12(2)8(3-9(12)17)15-11-7(4-13)5-14-10(16-11)6-20(18)19/h5,8-9,17H,3,6H2,1-2H3,(H,18,19)(H,14,15,16). The summed E-state index contributed by atoms with van der Waals surface area (Å²) in [6, 6.07) is 1.97. The molecular weight excluding hydrogens is 280 g/mol. The SMILES string of the molecule is CC1(C)C(O)CC1Nc1nc(CS(=O)O)ncc1C#N. The van der Waals surface area contributed by atoms with Crippen LogP contribution in [-0.2, 0) is 16.8 Å². The molecule has 3 atom stereocenters. The molecule has 20 heavy (non-hydrogen) atoms. The van der Waals surface area contributed by atoms with Gasteiger partial charge in [0.15, 0.2) is 11.1 Å². The number of nitriles is 1. The number of aliphatic hydroxyl groups excluding tert-OH is 1. The molecule has 1 heterocycles. The normalized spacial score (nSPS) is 25.4. The van der Waals surface area contributed by atoms with E-state index in [1.807, 2.05) is 19.9 Å². The van der Waals surface area contributed by atoms with Gasteiger partial charge in [-0.3, -0.25) is 0 Å². The van der Waals surface area contributed by atoms with Crippen LogP contribution in [0.15, 0.2) is 6.20 Å². The summed E-state index contributed by atoms with van der Waals surface area (Å²) >= 11 is -2.03. The highest BCUT2D eigenvalue weighted by Gasteiger charge is 2.47. The maximum atomic E-state index is 10.8. The Morgan fingerprint density at radius 3 is 2.85 bits per heavy atom. The molecule has 0 aliphatic heterocycles. The third-order valence-electron chi connectivity index (χ3n) is 3.74. The van der Waals surface area contributed by atoms with E-state index in [2.05, 4.69) is 15.3 Å². The number of rotatable bonds is 4. The number of anilines is 1. The third kappa shape index (κ3) is 2.80. The number of hydrogen-bond acceptors (Lipinski definition) is 6. The first kappa shape index (κ1) is 14.8. The lowest BCUT2D eigenvalue weighted by Crippen LogP contribution is -2.57. The third-order valence-corrected chi connectivity index (χ3v) is 4.24. The number of aromatic nitrogens is 2. The fourth-order valence-corrected chi connectivity index (χ4v) is 2.46. The highest BCUT2D eigenvalue weighted by molar-refractivity contribution is 7.78. The fourth-order valence-electron chi connectivity index (χ4n) is 2.10. The number of hydrogen-bond donors (Lipinski definition) is 3. The lowest BCUT2D eigenvalue weighted by molar-refractivity contribution is -0.0511. The molecule has 1 saturated carbocycles. The van der Waals surface area contributed by atoms with Crippen molar-refractivity contribution in [2.24, 2.45) is 5.41 Å². The molecule has 0 saturated heterocycles. The molecule has 8 heteroatoms. The van der Waals surface area contributed by atoms with Crippen LogP contribution in [0.3, 0.4) is 0 Å². The summed E-state index contributed by atoms with van der Waals surface area (Å²) in [7, 11) is 0. The zero-order valence-corrected chi connectivity index (χ0v) is 12.0. The van der Waals surface area contributed by atoms with Crippen LogP contribution in [0.5, 0.6) is 0 Å². The maximum Gasteiger partial charge on any atom is 0.160 e. The van der Waals surface area contributed by atoms with Crippen LogP contribution in [0.2, 0.25) is 0 Å². The Hall–Kier alpha value is -1.56. The van der Waals surface area contributed by atoms with Gasteiger partial charge in [-0.25, -0.2) is 14.2 Å². The first-order valence-electron chi connectivity index (χ1n) is 6.12. The Bertz CT molecular complexity index is 585. The molecule has 3 N–H and O–H groups in total. The van der Waals surface area contributed by atoms with Gasteiger partial charge < -0.3 is 15.0 Å². The number of aliphatic hydroxyl groups is 1. The lowest BCUT2D eigenvalue weighted by atomic mass is 9.64. The Labute approximate surface area is 119 Å². The van der Waals surface area contributed by atoms with Gasteiger partial charge >= 0.3 is 0 Å². The summed E-state index contributed by atoms with van der Waals surface area (Å²) < 4.78 is 19.6. The zero-order chi connectivity index (χ0) is 14.9. The fraction of sp³-hybridized carbons (Fsp3) is 0.583. The van der Waals surface area contributed by atoms with Crippen LogP contribution >= 0.6 is 0 Å². The molecule has 1 aromatic heterocycles. The largest absolute Gasteiger partial charge is 0.392 e. The summed E-state index contributed by atoms with van der Waals surface area (Å²) in [5, 5.41) is 21.9. The lowest BCUT2D eigenvalue weighted by Gasteiger charge is -2.49. The number of nitrogens with zero attached hydrogens (tertiary/aromatic N) is 3. The molecule has 108 valence electrons. The molecule has 0 radical (unpaired) electrons. The van der Waals surface area contributed by atoms with Gasteiger partial charge in [-0.05, 0) is 6.42 Å². The molecule has 0 bridgehead atoms. The van der Waals surface area contributed by atoms with Gasteiger partial charge in [0.1, 0.15) is 29.0 Å². The van der Waals surface area contributed by atoms with Crippen molar-refractivity contribution in [3.05, 3.63) is 17.6 Å². The van der Waals surface area contributed by atoms with E-state index < -0.39 is 17.2 Å². The van der Waals surface area contributed by atoms with Crippen LogP contribution in [-0.4, -0.2) is 36.0 Å². The first-order chi connectivity index (χ1) is 9.34. The van der Waals surface area contributed by atoms with Crippen LogP contribution in [0.25, 0.3) is 0 Å². The monoisotopic (exact) mass is 296 g/mol. The summed E-state index contributed by atoms with van der Waals surface area (Å²) in [5.74, 6) is 0.356. The predicted octanol–water partition coefficient (Wildman–Crippen LogP) is 0.641. The van der Waals surface area contributed by atoms with Gasteiger partial charge in [0.25, 0.3) is 0 Å². The van der Waals surface area contributed by atoms with Gasteiger partial charge in [-0.2, -0.15) is 5.26 Å². The topological polar surface area (TPSA) is 119 Å². The Kier molecular flexibility index (Phi) is 4.04. The quantitative estimate of drug-likeness (QED) is 0.697. The minimum atomic E-state index is -2.03. The van der Waals surface area contributed by atoms with Crippen molar-refractivity contribution < 1.29 is 13.9 Å². The maximum absolute atomic E-state index is 10.8. The molecule has 3 unspecified atom stereocenters. The van der Waals surface area contributed by atoms with Crippen LogP contribution in [0.1, 0.15) is 31.7 Å². The Morgan fingerprint density at radius 2 is 2.35 bits per heavy atom. The highest BCUT2D eigenvalue weighted by atomic mass is 32.2. The Morgan fingerprint density at radius 1 is 1.65 bits per heavy atom. The molecule has 1 fully saturated rings.